The summed E-state index contributed by atoms with van der Waals surface area (Å²) in [6.07, 6.45) is 4.28. The molecule has 0 spiro atoms. The molecule has 1 aliphatic heterocycles. The number of aromatic carboxylic acids is 1. The van der Waals surface area contributed by atoms with Crippen LogP contribution >= 0.6 is 39.5 Å². The van der Waals surface area contributed by atoms with Crippen molar-refractivity contribution in [2.75, 3.05) is 18.1 Å². The minimum Gasteiger partial charge on any atom is -0.477 e. The second kappa shape index (κ2) is 11.4. The normalized spacial score (nSPS) is 18.2. The summed E-state index contributed by atoms with van der Waals surface area (Å²) in [4.78, 5) is 13.5. The molecular formula is C25H33BrN2O3S2. The van der Waals surface area contributed by atoms with Crippen LogP contribution < -0.4 is 5.01 Å². The summed E-state index contributed by atoms with van der Waals surface area (Å²) in [5.41, 5.74) is 1.83. The van der Waals surface area contributed by atoms with Crippen molar-refractivity contribution in [3.8, 4) is 0 Å². The van der Waals surface area contributed by atoms with Crippen molar-refractivity contribution in [2.45, 2.75) is 69.2 Å². The number of carboxylic acids is 1. The van der Waals surface area contributed by atoms with Crippen molar-refractivity contribution in [3.63, 3.8) is 0 Å². The van der Waals surface area contributed by atoms with Crippen molar-refractivity contribution >= 4 is 56.1 Å². The van der Waals surface area contributed by atoms with E-state index in [1.165, 1.54) is 11.3 Å². The van der Waals surface area contributed by atoms with E-state index in [-0.39, 0.29) is 16.3 Å². The summed E-state index contributed by atoms with van der Waals surface area (Å²) < 4.78 is 0. The number of carbonyl (C=O) groups is 1. The highest BCUT2D eigenvalue weighted by atomic mass is 79.9. The highest BCUT2D eigenvalue weighted by Gasteiger charge is 2.35. The Morgan fingerprint density at radius 2 is 1.94 bits per heavy atom. The van der Waals surface area contributed by atoms with Crippen molar-refractivity contribution < 1.29 is 15.0 Å². The van der Waals surface area contributed by atoms with Crippen molar-refractivity contribution in [2.24, 2.45) is 0 Å². The number of alkyl halides is 1. The zero-order valence-electron chi connectivity index (χ0n) is 19.5. The van der Waals surface area contributed by atoms with E-state index in [4.69, 9.17) is 17.3 Å². The van der Waals surface area contributed by atoms with Gasteiger partial charge in [-0.1, -0.05) is 73.9 Å². The van der Waals surface area contributed by atoms with Gasteiger partial charge in [0.05, 0.1) is 16.6 Å². The number of hydrogen-bond donors (Lipinski definition) is 2. The Morgan fingerprint density at radius 1 is 1.24 bits per heavy atom. The Bertz CT molecular complexity index is 961. The van der Waals surface area contributed by atoms with Crippen LogP contribution in [-0.2, 0) is 11.8 Å². The fourth-order valence-corrected chi connectivity index (χ4v) is 5.86. The highest BCUT2D eigenvalue weighted by Crippen LogP contribution is 2.33. The summed E-state index contributed by atoms with van der Waals surface area (Å²) in [6, 6.07) is 12.0. The van der Waals surface area contributed by atoms with Crippen LogP contribution in [0.5, 0.6) is 0 Å². The first-order chi connectivity index (χ1) is 15.6. The van der Waals surface area contributed by atoms with Crippen LogP contribution in [0.15, 0.2) is 36.4 Å². The number of halogens is 1. The predicted octanol–water partition coefficient (Wildman–Crippen LogP) is 6.04. The average Bonchev–Trinajstić information content (AvgIpc) is 3.37. The zero-order valence-corrected chi connectivity index (χ0v) is 22.7. The van der Waals surface area contributed by atoms with Gasteiger partial charge in [0.1, 0.15) is 9.87 Å². The molecule has 180 valence electrons. The molecule has 1 fully saturated rings. The number of hydrogen-bond acceptors (Lipinski definition) is 5. The van der Waals surface area contributed by atoms with Crippen LogP contribution in [0.25, 0.3) is 0 Å². The van der Waals surface area contributed by atoms with E-state index in [9.17, 15) is 9.90 Å². The molecule has 0 saturated carbocycles. The Balaban J connectivity index is 1.67. The second-order valence-corrected chi connectivity index (χ2v) is 11.8. The van der Waals surface area contributed by atoms with Gasteiger partial charge in [-0.3, -0.25) is 5.01 Å². The third-order valence-corrected chi connectivity index (χ3v) is 8.98. The van der Waals surface area contributed by atoms with Crippen LogP contribution in [0.1, 0.15) is 66.6 Å². The van der Waals surface area contributed by atoms with Gasteiger partial charge in [0.2, 0.25) is 0 Å². The lowest BCUT2D eigenvalue weighted by Gasteiger charge is -2.33. The third kappa shape index (κ3) is 6.22. The summed E-state index contributed by atoms with van der Waals surface area (Å²) in [6.45, 7) is 7.97. The van der Waals surface area contributed by atoms with Gasteiger partial charge in [-0.05, 0) is 49.1 Å². The van der Waals surface area contributed by atoms with E-state index in [0.29, 0.717) is 4.88 Å². The van der Waals surface area contributed by atoms with E-state index < -0.39 is 5.97 Å². The van der Waals surface area contributed by atoms with E-state index in [2.05, 4.69) is 71.0 Å². The van der Waals surface area contributed by atoms with Crippen LogP contribution in [0, 0.1) is 0 Å². The van der Waals surface area contributed by atoms with E-state index in [0.717, 1.165) is 66.3 Å². The summed E-state index contributed by atoms with van der Waals surface area (Å²) in [5, 5.41) is 24.2. The number of rotatable bonds is 11. The van der Waals surface area contributed by atoms with E-state index in [1.807, 2.05) is 6.07 Å². The largest absolute Gasteiger partial charge is 0.477 e. The molecule has 2 atom stereocenters. The van der Waals surface area contributed by atoms with Crippen LogP contribution in [0.4, 0.5) is 5.69 Å². The molecule has 8 heteroatoms. The van der Waals surface area contributed by atoms with Gasteiger partial charge < -0.3 is 10.2 Å². The van der Waals surface area contributed by atoms with Crippen LogP contribution in [0.3, 0.4) is 0 Å². The molecule has 0 amide bonds. The number of hydrazine groups is 1. The Kier molecular flexibility index (Phi) is 9.08. The molecule has 1 aliphatic rings. The molecule has 2 unspecified atom stereocenters. The van der Waals surface area contributed by atoms with E-state index >= 15 is 0 Å². The second-order valence-electron chi connectivity index (χ2n) is 9.13. The van der Waals surface area contributed by atoms with Crippen LogP contribution in [0.2, 0.25) is 0 Å². The number of aryl methyl sites for hydroxylation is 1. The lowest BCUT2D eigenvalue weighted by Crippen LogP contribution is -2.39. The molecule has 2 N–H and O–H groups in total. The molecule has 1 saturated heterocycles. The molecule has 2 heterocycles. The lowest BCUT2D eigenvalue weighted by molar-refractivity contribution is 0.0702. The minimum absolute atomic E-state index is 0.111. The maximum atomic E-state index is 11.1. The molecule has 0 bridgehead atoms. The fraction of sp³-hybridized carbons (Fsp3) is 0.520. The maximum absolute atomic E-state index is 11.1. The monoisotopic (exact) mass is 552 g/mol. The Hall–Kier alpha value is -1.32. The van der Waals surface area contributed by atoms with Gasteiger partial charge in [-0.2, -0.15) is 0 Å². The predicted molar refractivity (Wildman–Crippen MR) is 144 cm³/mol. The van der Waals surface area contributed by atoms with Gasteiger partial charge in [-0.25, -0.2) is 9.80 Å². The molecule has 1 aromatic heterocycles. The van der Waals surface area contributed by atoms with E-state index in [1.54, 1.807) is 6.07 Å². The molecule has 3 rings (SSSR count). The lowest BCUT2D eigenvalue weighted by atomic mass is 9.77. The average molecular weight is 554 g/mol. The smallest absolute Gasteiger partial charge is 0.345 e. The number of aliphatic hydroxyl groups excluding tert-OH is 1. The highest BCUT2D eigenvalue weighted by molar-refractivity contribution is 9.10. The number of nitrogens with zero attached hydrogens (tertiary/aromatic N) is 2. The first-order valence-electron chi connectivity index (χ1n) is 11.5. The Morgan fingerprint density at radius 3 is 2.55 bits per heavy atom. The fourth-order valence-electron chi connectivity index (χ4n) is 4.14. The standard InChI is InChI=1S/C25H33BrN2O3S2/c1-4-5-8-22(29)25(2,3)17-9-11-18(12-10-17)28-23(32)20(26)16-27(28)15-6-7-19-13-14-21(33-19)24(30)31/h9-14,20,22,29H,4-8,15-16H2,1-3H3,(H,30,31). The molecule has 33 heavy (non-hydrogen) atoms. The molecule has 2 aromatic rings. The van der Waals surface area contributed by atoms with Crippen molar-refractivity contribution in [3.05, 3.63) is 51.7 Å². The summed E-state index contributed by atoms with van der Waals surface area (Å²) >= 11 is 10.8. The first kappa shape index (κ1) is 26.3. The summed E-state index contributed by atoms with van der Waals surface area (Å²) in [7, 11) is 0. The molecular weight excluding hydrogens is 520 g/mol. The number of aliphatic hydroxyl groups is 1. The SMILES string of the molecule is CCCCC(O)C(C)(C)c1ccc(N2C(=S)C(Br)CN2CCCc2ccc(C(=O)O)s2)cc1. The molecule has 0 aliphatic carbocycles. The van der Waals surface area contributed by atoms with Crippen molar-refractivity contribution in [1.29, 1.82) is 0 Å². The van der Waals surface area contributed by atoms with Gasteiger partial charge in [0.15, 0.2) is 0 Å². The molecule has 5 nitrogen and oxygen atoms in total. The minimum atomic E-state index is -0.867. The molecule has 0 radical (unpaired) electrons. The van der Waals surface area contributed by atoms with Gasteiger partial charge in [-0.15, -0.1) is 11.3 Å². The zero-order chi connectivity index (χ0) is 24.2. The topological polar surface area (TPSA) is 64.0 Å². The first-order valence-corrected chi connectivity index (χ1v) is 13.6. The number of carboxylic acid groups (broad SMARTS) is 1. The Labute approximate surface area is 214 Å². The number of benzene rings is 1. The van der Waals surface area contributed by atoms with Gasteiger partial charge in [0, 0.05) is 23.4 Å². The number of thiocarbonyl (C=S) groups is 1. The number of thiophene rings is 1. The number of unbranched alkanes of at least 4 members (excludes halogenated alkanes) is 1. The molecule has 1 aromatic carbocycles. The van der Waals surface area contributed by atoms with Crippen molar-refractivity contribution in [1.82, 2.24) is 5.01 Å². The van der Waals surface area contributed by atoms with Gasteiger partial charge >= 0.3 is 5.97 Å². The number of anilines is 1. The summed E-state index contributed by atoms with van der Waals surface area (Å²) in [5.74, 6) is -0.867. The maximum Gasteiger partial charge on any atom is 0.345 e. The van der Waals surface area contributed by atoms with Crippen LogP contribution in [-0.4, -0.2) is 50.2 Å². The quantitative estimate of drug-likeness (QED) is 0.262. The third-order valence-electron chi connectivity index (χ3n) is 6.36. The van der Waals surface area contributed by atoms with Gasteiger partial charge in [0.25, 0.3) is 0 Å².